The van der Waals surface area contributed by atoms with E-state index >= 15 is 0 Å². The summed E-state index contributed by atoms with van der Waals surface area (Å²) in [5.74, 6) is 0. The molecule has 1 aromatic heterocycles. The number of fused-ring (bicyclic) bond motifs is 1. The van der Waals surface area contributed by atoms with Crippen LogP contribution in [0.25, 0.3) is 11.1 Å². The summed E-state index contributed by atoms with van der Waals surface area (Å²) >= 11 is 10.9. The number of rotatable bonds is 1. The molecule has 0 aliphatic rings. The Bertz CT molecular complexity index is 836. The Kier molecular flexibility index (Phi) is 3.30. The summed E-state index contributed by atoms with van der Waals surface area (Å²) in [6.45, 7) is 0. The Morgan fingerprint density at radius 3 is 2.60 bits per heavy atom. The first kappa shape index (κ1) is 12.9. The lowest BCUT2D eigenvalue weighted by Crippen LogP contribution is -2.19. The minimum Gasteiger partial charge on any atom is -0.429 e. The first-order valence-electron chi connectivity index (χ1n) is 5.83. The molecule has 2 aromatic carbocycles. The van der Waals surface area contributed by atoms with E-state index in [2.05, 4.69) is 5.32 Å². The lowest BCUT2D eigenvalue weighted by atomic mass is 10.3. The van der Waals surface area contributed by atoms with Gasteiger partial charge in [-0.1, -0.05) is 23.7 Å². The molecule has 0 spiro atoms. The topological polar surface area (TPSA) is 47.2 Å². The number of anilines is 1. The molecule has 3 aromatic rings. The highest BCUT2D eigenvalue weighted by Crippen LogP contribution is 2.18. The van der Waals surface area contributed by atoms with E-state index in [1.165, 1.54) is 4.57 Å². The number of hydrogen-bond acceptors (Lipinski definition) is 3. The van der Waals surface area contributed by atoms with Crippen LogP contribution in [0.5, 0.6) is 0 Å². The zero-order valence-corrected chi connectivity index (χ0v) is 11.7. The number of aromatic nitrogens is 1. The van der Waals surface area contributed by atoms with E-state index in [0.29, 0.717) is 21.8 Å². The van der Waals surface area contributed by atoms with Crippen molar-refractivity contribution < 1.29 is 9.21 Å². The fraction of sp³-hybridized carbons (Fsp3) is 0. The van der Waals surface area contributed by atoms with Crippen LogP contribution in [-0.4, -0.2) is 10.6 Å². The summed E-state index contributed by atoms with van der Waals surface area (Å²) < 4.78 is 6.69. The van der Waals surface area contributed by atoms with Crippen molar-refractivity contribution >= 4 is 46.6 Å². The molecule has 1 amide bonds. The van der Waals surface area contributed by atoms with Gasteiger partial charge < -0.3 is 9.73 Å². The third-order valence-electron chi connectivity index (χ3n) is 2.78. The molecular formula is C14H9ClN2O2S. The van der Waals surface area contributed by atoms with Crippen LogP contribution in [0.3, 0.4) is 0 Å². The third kappa shape index (κ3) is 2.33. The van der Waals surface area contributed by atoms with Gasteiger partial charge in [0.05, 0.1) is 5.52 Å². The molecule has 100 valence electrons. The second kappa shape index (κ2) is 5.11. The quantitative estimate of drug-likeness (QED) is 0.663. The van der Waals surface area contributed by atoms with Crippen LogP contribution in [0.15, 0.2) is 52.9 Å². The Morgan fingerprint density at radius 1 is 1.15 bits per heavy atom. The van der Waals surface area contributed by atoms with Crippen molar-refractivity contribution in [1.82, 2.24) is 4.57 Å². The second-order valence-electron chi connectivity index (χ2n) is 4.11. The predicted octanol–water partition coefficient (Wildman–Crippen LogP) is 4.70. The van der Waals surface area contributed by atoms with Crippen molar-refractivity contribution in [3.63, 3.8) is 0 Å². The van der Waals surface area contributed by atoms with Gasteiger partial charge in [-0.3, -0.25) is 0 Å². The van der Waals surface area contributed by atoms with Crippen molar-refractivity contribution in [2.24, 2.45) is 0 Å². The fourth-order valence-electron chi connectivity index (χ4n) is 1.87. The average molecular weight is 305 g/mol. The highest BCUT2D eigenvalue weighted by atomic mass is 35.5. The number of carbonyl (C=O) groups is 1. The molecule has 0 unspecified atom stereocenters. The number of hydrogen-bond donors (Lipinski definition) is 1. The number of para-hydroxylation sites is 2. The summed E-state index contributed by atoms with van der Waals surface area (Å²) in [4.78, 5) is 12.4. The van der Waals surface area contributed by atoms with Crippen LogP contribution in [0, 0.1) is 4.84 Å². The van der Waals surface area contributed by atoms with Gasteiger partial charge in [0, 0.05) is 10.7 Å². The van der Waals surface area contributed by atoms with Crippen LogP contribution in [0.1, 0.15) is 0 Å². The van der Waals surface area contributed by atoms with E-state index in [9.17, 15) is 4.79 Å². The summed E-state index contributed by atoms with van der Waals surface area (Å²) in [7, 11) is 0. The molecule has 3 rings (SSSR count). The first-order valence-corrected chi connectivity index (χ1v) is 6.61. The molecule has 0 fully saturated rings. The number of halogens is 1. The SMILES string of the molecule is O=C(Nc1ccc(Cl)cc1)n1c(=S)oc2ccccc21. The smallest absolute Gasteiger partial charge is 0.334 e. The maximum absolute atomic E-state index is 12.3. The molecule has 0 atom stereocenters. The van der Waals surface area contributed by atoms with Gasteiger partial charge in [0.25, 0.3) is 4.84 Å². The Morgan fingerprint density at radius 2 is 1.85 bits per heavy atom. The van der Waals surface area contributed by atoms with E-state index < -0.39 is 0 Å². The van der Waals surface area contributed by atoms with E-state index in [4.69, 9.17) is 28.2 Å². The minimum absolute atomic E-state index is 0.109. The van der Waals surface area contributed by atoms with E-state index in [1.807, 2.05) is 12.1 Å². The molecule has 0 radical (unpaired) electrons. The van der Waals surface area contributed by atoms with Gasteiger partial charge in [-0.15, -0.1) is 0 Å². The predicted molar refractivity (Wildman–Crippen MR) is 80.9 cm³/mol. The standard InChI is InChI=1S/C14H9ClN2O2S/c15-9-5-7-10(8-6-9)16-13(18)17-11-3-1-2-4-12(11)19-14(17)20/h1-8H,(H,16,18). The van der Waals surface area contributed by atoms with Gasteiger partial charge in [-0.05, 0) is 48.6 Å². The zero-order valence-electron chi connectivity index (χ0n) is 10.2. The van der Waals surface area contributed by atoms with Crippen molar-refractivity contribution in [1.29, 1.82) is 0 Å². The highest BCUT2D eigenvalue weighted by Gasteiger charge is 2.13. The number of nitrogens with zero attached hydrogens (tertiary/aromatic N) is 1. The molecular weight excluding hydrogens is 296 g/mol. The van der Waals surface area contributed by atoms with E-state index in [0.717, 1.165) is 0 Å². The zero-order chi connectivity index (χ0) is 14.1. The largest absolute Gasteiger partial charge is 0.429 e. The minimum atomic E-state index is -0.373. The van der Waals surface area contributed by atoms with Crippen molar-refractivity contribution in [2.45, 2.75) is 0 Å². The van der Waals surface area contributed by atoms with Gasteiger partial charge in [-0.2, -0.15) is 0 Å². The molecule has 0 aliphatic heterocycles. The van der Waals surface area contributed by atoms with Crippen LogP contribution in [-0.2, 0) is 0 Å². The van der Waals surface area contributed by atoms with Crippen LogP contribution < -0.4 is 5.32 Å². The number of oxazole rings is 1. The highest BCUT2D eigenvalue weighted by molar-refractivity contribution is 7.71. The van der Waals surface area contributed by atoms with Crippen LogP contribution >= 0.6 is 23.8 Å². The molecule has 0 saturated carbocycles. The van der Waals surface area contributed by atoms with E-state index in [-0.39, 0.29) is 10.9 Å². The maximum atomic E-state index is 12.3. The third-order valence-corrected chi connectivity index (χ3v) is 3.30. The summed E-state index contributed by atoms with van der Waals surface area (Å²) in [5.41, 5.74) is 1.83. The van der Waals surface area contributed by atoms with Gasteiger partial charge in [0.2, 0.25) is 0 Å². The van der Waals surface area contributed by atoms with Crippen LogP contribution in [0.4, 0.5) is 10.5 Å². The van der Waals surface area contributed by atoms with Crippen molar-refractivity contribution in [3.8, 4) is 0 Å². The maximum Gasteiger partial charge on any atom is 0.334 e. The Balaban J connectivity index is 1.98. The van der Waals surface area contributed by atoms with Crippen molar-refractivity contribution in [2.75, 3.05) is 5.32 Å². The number of amides is 1. The summed E-state index contributed by atoms with van der Waals surface area (Å²) in [5, 5.41) is 3.35. The normalized spacial score (nSPS) is 10.7. The monoisotopic (exact) mass is 304 g/mol. The molecule has 0 aliphatic carbocycles. The Hall–Kier alpha value is -2.11. The molecule has 0 bridgehead atoms. The molecule has 0 saturated heterocycles. The van der Waals surface area contributed by atoms with Gasteiger partial charge in [0.15, 0.2) is 5.58 Å². The molecule has 6 heteroatoms. The average Bonchev–Trinajstić information content (AvgIpc) is 2.77. The van der Waals surface area contributed by atoms with Crippen LogP contribution in [0.2, 0.25) is 5.02 Å². The fourth-order valence-corrected chi connectivity index (χ4v) is 2.27. The number of nitrogens with one attached hydrogen (secondary N) is 1. The first-order chi connectivity index (χ1) is 9.65. The Labute approximate surface area is 124 Å². The lowest BCUT2D eigenvalue weighted by Gasteiger charge is -2.05. The second-order valence-corrected chi connectivity index (χ2v) is 4.89. The number of carbonyl (C=O) groups excluding carboxylic acids is 1. The molecule has 4 nitrogen and oxygen atoms in total. The van der Waals surface area contributed by atoms with Crippen molar-refractivity contribution in [3.05, 3.63) is 58.4 Å². The molecule has 1 heterocycles. The molecule has 20 heavy (non-hydrogen) atoms. The van der Waals surface area contributed by atoms with Gasteiger partial charge >= 0.3 is 6.03 Å². The number of benzene rings is 2. The van der Waals surface area contributed by atoms with Gasteiger partial charge in [-0.25, -0.2) is 9.36 Å². The molecule has 1 N–H and O–H groups in total. The summed E-state index contributed by atoms with van der Waals surface area (Å²) in [6, 6.07) is 13.6. The lowest BCUT2D eigenvalue weighted by molar-refractivity contribution is 0.253. The van der Waals surface area contributed by atoms with E-state index in [1.54, 1.807) is 36.4 Å². The van der Waals surface area contributed by atoms with Gasteiger partial charge in [0.1, 0.15) is 0 Å². The summed E-state index contributed by atoms with van der Waals surface area (Å²) in [6.07, 6.45) is 0.